The normalized spacial score (nSPS) is 13.4. The van der Waals surface area contributed by atoms with Crippen LogP contribution < -0.4 is 4.72 Å². The molecular formula is C23H33N3O4S2Si. The highest BCUT2D eigenvalue weighted by atomic mass is 32.2. The number of aromatic amines is 1. The maximum atomic E-state index is 13.1. The molecule has 3 rings (SSSR count). The average Bonchev–Trinajstić information content (AvgIpc) is 3.19. The number of anilines is 1. The first-order valence-corrected chi connectivity index (χ1v) is 17.2. The number of aliphatic hydroxyl groups is 1. The van der Waals surface area contributed by atoms with Crippen molar-refractivity contribution >= 4 is 46.6 Å². The highest BCUT2D eigenvalue weighted by Crippen LogP contribution is 2.37. The maximum Gasteiger partial charge on any atom is 0.261 e. The van der Waals surface area contributed by atoms with E-state index in [1.807, 2.05) is 13.0 Å². The molecule has 0 radical (unpaired) electrons. The van der Waals surface area contributed by atoms with Crippen molar-refractivity contribution in [1.29, 1.82) is 0 Å². The van der Waals surface area contributed by atoms with E-state index in [2.05, 4.69) is 29.3 Å². The van der Waals surface area contributed by atoms with Gasteiger partial charge in [0.1, 0.15) is 16.8 Å². The zero-order valence-electron chi connectivity index (χ0n) is 19.6. The molecule has 3 aromatic rings. The van der Waals surface area contributed by atoms with Gasteiger partial charge in [-0.05, 0) is 49.4 Å². The van der Waals surface area contributed by atoms with Gasteiger partial charge in [-0.25, -0.2) is 13.4 Å². The lowest BCUT2D eigenvalue weighted by molar-refractivity contribution is 0.123. The van der Waals surface area contributed by atoms with Crippen LogP contribution >= 0.6 is 11.8 Å². The summed E-state index contributed by atoms with van der Waals surface area (Å²) in [5.74, 6) is 0.669. The van der Waals surface area contributed by atoms with Crippen LogP contribution in [0.15, 0.2) is 47.5 Å². The van der Waals surface area contributed by atoms with Gasteiger partial charge in [-0.1, -0.05) is 37.3 Å². The van der Waals surface area contributed by atoms with Gasteiger partial charge in [0.2, 0.25) is 0 Å². The highest BCUT2D eigenvalue weighted by molar-refractivity contribution is 7.99. The molecular weight excluding hydrogens is 474 g/mol. The van der Waals surface area contributed by atoms with E-state index in [0.717, 1.165) is 17.0 Å². The van der Waals surface area contributed by atoms with Crippen molar-refractivity contribution in [2.75, 3.05) is 23.7 Å². The van der Waals surface area contributed by atoms with Gasteiger partial charge in [-0.3, -0.25) is 4.72 Å². The van der Waals surface area contributed by atoms with Gasteiger partial charge in [0.05, 0.1) is 10.6 Å². The molecule has 0 aliphatic carbocycles. The number of aliphatic hydroxyl groups excluding tert-OH is 1. The zero-order chi connectivity index (χ0) is 24.1. The third-order valence-corrected chi connectivity index (χ3v) is 9.33. The highest BCUT2D eigenvalue weighted by Gasteiger charge is 2.25. The van der Waals surface area contributed by atoms with Crippen molar-refractivity contribution in [2.24, 2.45) is 0 Å². The smallest absolute Gasteiger partial charge is 0.261 e. The fourth-order valence-corrected chi connectivity index (χ4v) is 5.95. The van der Waals surface area contributed by atoms with E-state index >= 15 is 0 Å². The summed E-state index contributed by atoms with van der Waals surface area (Å²) in [6, 6.07) is 11.4. The Hall–Kier alpha value is -1.85. The lowest BCUT2D eigenvalue weighted by Gasteiger charge is -2.23. The number of aromatic nitrogens is 2. The Morgan fingerprint density at radius 3 is 2.61 bits per heavy atom. The fourth-order valence-electron chi connectivity index (χ4n) is 3.11. The molecule has 0 bridgehead atoms. The number of hydrogen-bond acceptors (Lipinski definition) is 6. The molecule has 0 saturated carbocycles. The molecule has 0 saturated heterocycles. The van der Waals surface area contributed by atoms with Gasteiger partial charge < -0.3 is 14.8 Å². The second kappa shape index (κ2) is 11.0. The zero-order valence-corrected chi connectivity index (χ0v) is 22.2. The summed E-state index contributed by atoms with van der Waals surface area (Å²) in [5, 5.41) is 10.0. The summed E-state index contributed by atoms with van der Waals surface area (Å²) in [4.78, 5) is 8.04. The van der Waals surface area contributed by atoms with Gasteiger partial charge in [0.25, 0.3) is 10.0 Å². The summed E-state index contributed by atoms with van der Waals surface area (Å²) in [5.41, 5.74) is 2.12. The van der Waals surface area contributed by atoms with Crippen molar-refractivity contribution in [3.8, 4) is 0 Å². The van der Waals surface area contributed by atoms with Gasteiger partial charge in [-0.2, -0.15) is 0 Å². The number of H-pyrrole nitrogens is 1. The Morgan fingerprint density at radius 1 is 1.21 bits per heavy atom. The molecule has 180 valence electrons. The molecule has 1 aromatic carbocycles. The number of pyridine rings is 1. The first-order chi connectivity index (χ1) is 15.6. The number of thioether (sulfide) groups is 1. The number of benzene rings is 1. The minimum absolute atomic E-state index is 0.0879. The van der Waals surface area contributed by atoms with Crippen LogP contribution in [-0.4, -0.2) is 50.5 Å². The van der Waals surface area contributed by atoms with E-state index in [4.69, 9.17) is 9.72 Å². The minimum Gasteiger partial charge on any atom is -0.396 e. The molecule has 3 N–H and O–H groups in total. The predicted molar refractivity (Wildman–Crippen MR) is 139 cm³/mol. The summed E-state index contributed by atoms with van der Waals surface area (Å²) in [6.07, 6.45) is 2.40. The predicted octanol–water partition coefficient (Wildman–Crippen LogP) is 5.14. The lowest BCUT2D eigenvalue weighted by atomic mass is 10.2. The van der Waals surface area contributed by atoms with Gasteiger partial charge in [0, 0.05) is 32.9 Å². The van der Waals surface area contributed by atoms with Crippen LogP contribution in [0.5, 0.6) is 0 Å². The fraction of sp³-hybridized carbons (Fsp3) is 0.435. The summed E-state index contributed by atoms with van der Waals surface area (Å²) >= 11 is 1.52. The van der Waals surface area contributed by atoms with Crippen molar-refractivity contribution in [3.63, 3.8) is 0 Å². The number of fused-ring (bicyclic) bond motifs is 1. The number of nitrogens with zero attached hydrogens (tertiary/aromatic N) is 1. The first kappa shape index (κ1) is 25.8. The minimum atomic E-state index is -3.80. The molecule has 0 aliphatic rings. The average molecular weight is 508 g/mol. The van der Waals surface area contributed by atoms with Crippen LogP contribution in [0.3, 0.4) is 0 Å². The van der Waals surface area contributed by atoms with E-state index in [-0.39, 0.29) is 11.5 Å². The number of hydrogen-bond donors (Lipinski definition) is 3. The number of sulfonamides is 1. The number of nitrogens with one attached hydrogen (secondary N) is 2. The molecule has 0 spiro atoms. The Kier molecular flexibility index (Phi) is 8.63. The molecule has 7 nitrogen and oxygen atoms in total. The number of ether oxygens (including phenoxy) is 1. The van der Waals surface area contributed by atoms with Crippen molar-refractivity contribution < 1.29 is 18.3 Å². The largest absolute Gasteiger partial charge is 0.396 e. The Bertz CT molecular complexity index is 1160. The van der Waals surface area contributed by atoms with E-state index in [1.165, 1.54) is 11.8 Å². The Labute approximate surface area is 201 Å². The van der Waals surface area contributed by atoms with Crippen LogP contribution in [0, 0.1) is 6.92 Å². The van der Waals surface area contributed by atoms with Gasteiger partial charge in [0.15, 0.2) is 0 Å². The van der Waals surface area contributed by atoms with Gasteiger partial charge in [-0.15, -0.1) is 11.8 Å². The van der Waals surface area contributed by atoms with E-state index in [0.29, 0.717) is 35.8 Å². The third kappa shape index (κ3) is 7.31. The Balaban J connectivity index is 1.97. The van der Waals surface area contributed by atoms with Crippen LogP contribution in [0.4, 0.5) is 5.69 Å². The molecule has 0 aliphatic heterocycles. The van der Waals surface area contributed by atoms with E-state index in [9.17, 15) is 13.5 Å². The molecule has 33 heavy (non-hydrogen) atoms. The summed E-state index contributed by atoms with van der Waals surface area (Å²) in [6.45, 7) is 9.43. The molecule has 2 heterocycles. The molecule has 1 atom stereocenters. The van der Waals surface area contributed by atoms with Crippen molar-refractivity contribution in [3.05, 3.63) is 53.9 Å². The van der Waals surface area contributed by atoms with E-state index in [1.54, 1.807) is 36.5 Å². The quantitative estimate of drug-likeness (QED) is 0.178. The van der Waals surface area contributed by atoms with Crippen LogP contribution in [-0.2, 0) is 14.8 Å². The molecule has 0 unspecified atom stereocenters. The molecule has 0 fully saturated rings. The van der Waals surface area contributed by atoms with Crippen LogP contribution in [0.1, 0.15) is 23.1 Å². The number of aryl methyl sites for hydroxylation is 1. The molecule has 0 amide bonds. The standard InChI is InChI=1S/C23H33N3O4S2Si/c1-17-6-8-19(9-7-17)32(28,29)26-20-16-18-10-11-24-22(18)25-21(20)23(31-14-5-12-27)30-13-15-33(2,3)4/h6-11,16,23,26-27H,5,12-15H2,1-4H3,(H,24,25)/t23-/m0/s1. The lowest BCUT2D eigenvalue weighted by Crippen LogP contribution is -2.22. The monoisotopic (exact) mass is 507 g/mol. The van der Waals surface area contributed by atoms with Crippen LogP contribution in [0.25, 0.3) is 11.0 Å². The van der Waals surface area contributed by atoms with Crippen molar-refractivity contribution in [1.82, 2.24) is 9.97 Å². The molecule has 10 heteroatoms. The first-order valence-electron chi connectivity index (χ1n) is 11.0. The second-order valence-corrected chi connectivity index (χ2v) is 17.7. The van der Waals surface area contributed by atoms with Crippen molar-refractivity contribution in [2.45, 2.75) is 49.4 Å². The Morgan fingerprint density at radius 2 is 1.94 bits per heavy atom. The third-order valence-electron chi connectivity index (χ3n) is 5.06. The molecule has 2 aromatic heterocycles. The summed E-state index contributed by atoms with van der Waals surface area (Å²) in [7, 11) is -5.11. The van der Waals surface area contributed by atoms with Crippen LogP contribution in [0.2, 0.25) is 25.7 Å². The topological polar surface area (TPSA) is 104 Å². The van der Waals surface area contributed by atoms with E-state index < -0.39 is 23.5 Å². The summed E-state index contributed by atoms with van der Waals surface area (Å²) < 4.78 is 35.3. The SMILES string of the molecule is Cc1ccc(S(=O)(=O)Nc2cc3cc[nH]c3nc2[C@@H](OCC[Si](C)(C)C)SCCCO)cc1. The second-order valence-electron chi connectivity index (χ2n) is 9.22. The van der Waals surface area contributed by atoms with Gasteiger partial charge >= 0.3 is 0 Å². The maximum absolute atomic E-state index is 13.1. The number of rotatable bonds is 12.